The van der Waals surface area contributed by atoms with Crippen LogP contribution in [0.2, 0.25) is 0 Å². The van der Waals surface area contributed by atoms with Crippen LogP contribution in [0.15, 0.2) is 6.20 Å². The van der Waals surface area contributed by atoms with E-state index in [1.807, 2.05) is 13.2 Å². The molecule has 0 atom stereocenters. The van der Waals surface area contributed by atoms with Crippen LogP contribution in [0.3, 0.4) is 0 Å². The topological polar surface area (TPSA) is 70.4 Å². The first-order valence-corrected chi connectivity index (χ1v) is 7.63. The van der Waals surface area contributed by atoms with Crippen molar-refractivity contribution in [1.29, 1.82) is 0 Å². The molecular weight excluding hydrogens is 286 g/mol. The molecule has 0 aliphatic carbocycles. The Morgan fingerprint density at radius 3 is 2.41 bits per heavy atom. The van der Waals surface area contributed by atoms with E-state index in [0.717, 1.165) is 36.3 Å². The maximum absolute atomic E-state index is 5.60. The highest BCUT2D eigenvalue weighted by atomic mass is 16.5. The van der Waals surface area contributed by atoms with Gasteiger partial charge in [-0.1, -0.05) is 0 Å². The third kappa shape index (κ3) is 8.28. The van der Waals surface area contributed by atoms with Gasteiger partial charge in [-0.25, -0.2) is 0 Å². The van der Waals surface area contributed by atoms with E-state index >= 15 is 0 Å². The van der Waals surface area contributed by atoms with Gasteiger partial charge in [0.05, 0.1) is 65.6 Å². The highest BCUT2D eigenvalue weighted by Crippen LogP contribution is 2.02. The minimum absolute atomic E-state index is 0.615. The standard InChI is InChI=1S/C14H30N5O3/c1-15-18-13-14(16-17-18)5-6-19(2,3)7-8-21-11-12-22-10-9-20-4/h13,15H,5-12H2,1-4H3/q+1. The van der Waals surface area contributed by atoms with E-state index in [1.165, 1.54) is 0 Å². The summed E-state index contributed by atoms with van der Waals surface area (Å²) in [4.78, 5) is 1.61. The van der Waals surface area contributed by atoms with Gasteiger partial charge in [0.1, 0.15) is 6.54 Å². The third-order valence-electron chi connectivity index (χ3n) is 3.39. The second-order valence-electron chi connectivity index (χ2n) is 5.73. The second-order valence-corrected chi connectivity index (χ2v) is 5.73. The predicted octanol–water partition coefficient (Wildman–Crippen LogP) is -0.250. The molecule has 0 amide bonds. The highest BCUT2D eigenvalue weighted by Gasteiger charge is 2.15. The normalized spacial score (nSPS) is 11.8. The Balaban J connectivity index is 2.07. The number of hydrogen-bond acceptors (Lipinski definition) is 6. The van der Waals surface area contributed by atoms with Gasteiger partial charge in [-0.15, -0.1) is 5.10 Å². The summed E-state index contributed by atoms with van der Waals surface area (Å²) in [5.74, 6) is 0. The van der Waals surface area contributed by atoms with Crippen molar-refractivity contribution in [3.05, 3.63) is 11.9 Å². The Morgan fingerprint density at radius 1 is 1.09 bits per heavy atom. The van der Waals surface area contributed by atoms with Crippen molar-refractivity contribution in [2.24, 2.45) is 0 Å². The van der Waals surface area contributed by atoms with Gasteiger partial charge in [-0.3, -0.25) is 0 Å². The van der Waals surface area contributed by atoms with E-state index < -0.39 is 0 Å². The monoisotopic (exact) mass is 316 g/mol. The molecule has 128 valence electrons. The lowest BCUT2D eigenvalue weighted by atomic mass is 10.3. The Bertz CT molecular complexity index is 398. The average molecular weight is 316 g/mol. The summed E-state index contributed by atoms with van der Waals surface area (Å²) in [6, 6.07) is 0. The second kappa shape index (κ2) is 10.5. The molecule has 0 aliphatic heterocycles. The van der Waals surface area contributed by atoms with Crippen molar-refractivity contribution in [2.45, 2.75) is 6.42 Å². The summed E-state index contributed by atoms with van der Waals surface area (Å²) in [5, 5.41) is 8.07. The molecule has 0 unspecified atom stereocenters. The third-order valence-corrected chi connectivity index (χ3v) is 3.39. The highest BCUT2D eigenvalue weighted by molar-refractivity contribution is 4.93. The van der Waals surface area contributed by atoms with Gasteiger partial charge in [0.15, 0.2) is 0 Å². The molecular formula is C14H30N5O3+. The van der Waals surface area contributed by atoms with Gasteiger partial charge in [0.2, 0.25) is 0 Å². The number of hydrogen-bond donors (Lipinski definition) is 1. The fourth-order valence-electron chi connectivity index (χ4n) is 1.83. The molecule has 0 aliphatic rings. The lowest BCUT2D eigenvalue weighted by Gasteiger charge is -2.29. The summed E-state index contributed by atoms with van der Waals surface area (Å²) in [7, 11) is 7.87. The van der Waals surface area contributed by atoms with Gasteiger partial charge in [-0.05, 0) is 5.21 Å². The van der Waals surface area contributed by atoms with Gasteiger partial charge in [-0.2, -0.15) is 4.79 Å². The molecule has 1 aromatic heterocycles. The van der Waals surface area contributed by atoms with Crippen LogP contribution in [0.25, 0.3) is 0 Å². The first-order valence-electron chi connectivity index (χ1n) is 7.63. The number of rotatable bonds is 13. The van der Waals surface area contributed by atoms with Gasteiger partial charge in [0, 0.05) is 20.6 Å². The molecule has 1 rings (SSSR count). The van der Waals surface area contributed by atoms with Crippen molar-refractivity contribution < 1.29 is 18.7 Å². The fraction of sp³-hybridized carbons (Fsp3) is 0.857. The maximum atomic E-state index is 5.60. The lowest BCUT2D eigenvalue weighted by Crippen LogP contribution is -2.44. The minimum Gasteiger partial charge on any atom is -0.382 e. The largest absolute Gasteiger partial charge is 0.382 e. The molecule has 0 fully saturated rings. The molecule has 1 heterocycles. The van der Waals surface area contributed by atoms with E-state index in [1.54, 1.807) is 11.9 Å². The van der Waals surface area contributed by atoms with Crippen LogP contribution in [0, 0.1) is 0 Å². The van der Waals surface area contributed by atoms with Crippen LogP contribution in [-0.4, -0.2) is 94.0 Å². The van der Waals surface area contributed by atoms with E-state index in [2.05, 4.69) is 29.8 Å². The van der Waals surface area contributed by atoms with Gasteiger partial charge in [0.25, 0.3) is 0 Å². The Morgan fingerprint density at radius 2 is 1.77 bits per heavy atom. The number of nitrogens with zero attached hydrogens (tertiary/aromatic N) is 4. The molecule has 22 heavy (non-hydrogen) atoms. The van der Waals surface area contributed by atoms with Crippen LogP contribution in [0.5, 0.6) is 0 Å². The first-order chi connectivity index (χ1) is 10.6. The summed E-state index contributed by atoms with van der Waals surface area (Å²) < 4.78 is 16.7. The fourth-order valence-corrected chi connectivity index (χ4v) is 1.83. The lowest BCUT2D eigenvalue weighted by molar-refractivity contribution is -0.890. The zero-order chi connectivity index (χ0) is 16.3. The number of nitrogens with one attached hydrogen (secondary N) is 1. The summed E-state index contributed by atoms with van der Waals surface area (Å²) in [6.07, 6.45) is 2.81. The molecule has 0 saturated carbocycles. The van der Waals surface area contributed by atoms with Crippen molar-refractivity contribution in [3.8, 4) is 0 Å². The maximum Gasteiger partial charge on any atom is 0.102 e. The molecule has 1 N–H and O–H groups in total. The van der Waals surface area contributed by atoms with E-state index in [4.69, 9.17) is 14.2 Å². The van der Waals surface area contributed by atoms with Crippen LogP contribution >= 0.6 is 0 Å². The Hall–Kier alpha value is -1.22. The van der Waals surface area contributed by atoms with Crippen molar-refractivity contribution in [2.75, 3.05) is 79.8 Å². The molecule has 1 aromatic rings. The zero-order valence-electron chi connectivity index (χ0n) is 14.2. The van der Waals surface area contributed by atoms with E-state index in [9.17, 15) is 0 Å². The SMILES string of the molecule is CNn1cc(CC[N+](C)(C)CCOCCOCCOC)nn1. The summed E-state index contributed by atoms with van der Waals surface area (Å²) >= 11 is 0. The summed E-state index contributed by atoms with van der Waals surface area (Å²) in [6.45, 7) is 5.17. The van der Waals surface area contributed by atoms with E-state index in [0.29, 0.717) is 26.4 Å². The number of likely N-dealkylation sites (N-methyl/N-ethyl adjacent to an activating group) is 1. The van der Waals surface area contributed by atoms with Crippen molar-refractivity contribution >= 4 is 0 Å². The molecule has 0 radical (unpaired) electrons. The van der Waals surface area contributed by atoms with Crippen molar-refractivity contribution in [1.82, 2.24) is 15.1 Å². The smallest absolute Gasteiger partial charge is 0.102 e. The molecule has 0 spiro atoms. The van der Waals surface area contributed by atoms with E-state index in [-0.39, 0.29) is 0 Å². The van der Waals surface area contributed by atoms with Crippen LogP contribution in [0.1, 0.15) is 5.69 Å². The number of ether oxygens (including phenoxy) is 3. The number of quaternary nitrogens is 1. The number of methoxy groups -OCH3 is 1. The Labute approximate surface area is 132 Å². The zero-order valence-corrected chi connectivity index (χ0v) is 14.2. The Kier molecular flexibility index (Phi) is 8.98. The molecule has 8 heteroatoms. The first kappa shape index (κ1) is 18.8. The quantitative estimate of drug-likeness (QED) is 0.400. The molecule has 0 saturated heterocycles. The molecule has 8 nitrogen and oxygen atoms in total. The average Bonchev–Trinajstić information content (AvgIpc) is 2.96. The summed E-state index contributed by atoms with van der Waals surface area (Å²) in [5.41, 5.74) is 3.90. The molecule has 0 aromatic carbocycles. The van der Waals surface area contributed by atoms with Gasteiger partial charge >= 0.3 is 0 Å². The van der Waals surface area contributed by atoms with Crippen LogP contribution in [0.4, 0.5) is 0 Å². The molecule has 0 bridgehead atoms. The predicted molar refractivity (Wildman–Crippen MR) is 84.4 cm³/mol. The van der Waals surface area contributed by atoms with Gasteiger partial charge < -0.3 is 24.1 Å². The van der Waals surface area contributed by atoms with Crippen LogP contribution < -0.4 is 5.43 Å². The van der Waals surface area contributed by atoms with Crippen LogP contribution in [-0.2, 0) is 20.6 Å². The van der Waals surface area contributed by atoms with Crippen molar-refractivity contribution in [3.63, 3.8) is 0 Å². The number of aromatic nitrogens is 3. The minimum atomic E-state index is 0.615.